The number of hydrogen-bond acceptors (Lipinski definition) is 7. The van der Waals surface area contributed by atoms with Crippen molar-refractivity contribution < 1.29 is 14.7 Å². The van der Waals surface area contributed by atoms with Crippen molar-refractivity contribution in [3.63, 3.8) is 0 Å². The number of aliphatic imine (C=N–C) groups is 2. The van der Waals surface area contributed by atoms with Gasteiger partial charge < -0.3 is 15.3 Å². The van der Waals surface area contributed by atoms with E-state index in [2.05, 4.69) is 20.3 Å². The molecule has 8 nitrogen and oxygen atoms in total. The zero-order valence-corrected chi connectivity index (χ0v) is 17.7. The Balaban J connectivity index is 1.32. The topological polar surface area (TPSA) is 107 Å². The van der Waals surface area contributed by atoms with Crippen molar-refractivity contribution in [1.29, 1.82) is 0 Å². The first-order chi connectivity index (χ1) is 14.9. The molecule has 4 saturated carbocycles. The monoisotopic (exact) mass is 421 g/mol. The molecule has 0 saturated heterocycles. The van der Waals surface area contributed by atoms with Crippen molar-refractivity contribution in [2.75, 3.05) is 18.9 Å². The van der Waals surface area contributed by atoms with Gasteiger partial charge in [0.05, 0.1) is 29.0 Å². The van der Waals surface area contributed by atoms with Crippen molar-refractivity contribution in [2.24, 2.45) is 27.7 Å². The van der Waals surface area contributed by atoms with E-state index in [1.54, 1.807) is 18.1 Å². The second kappa shape index (κ2) is 6.69. The molecule has 4 fully saturated rings. The Morgan fingerprint density at radius 1 is 1.29 bits per heavy atom. The van der Waals surface area contributed by atoms with Crippen molar-refractivity contribution in [2.45, 2.75) is 56.6 Å². The summed E-state index contributed by atoms with van der Waals surface area (Å²) in [5.41, 5.74) is 2.42. The van der Waals surface area contributed by atoms with Crippen LogP contribution in [0.2, 0.25) is 0 Å². The van der Waals surface area contributed by atoms with Gasteiger partial charge in [0, 0.05) is 31.9 Å². The summed E-state index contributed by atoms with van der Waals surface area (Å²) >= 11 is 0. The van der Waals surface area contributed by atoms with E-state index in [-0.39, 0.29) is 30.7 Å². The molecular formula is C23H27N5O3. The number of anilines is 1. The average molecular weight is 422 g/mol. The molecule has 6 aliphatic rings. The van der Waals surface area contributed by atoms with Gasteiger partial charge in [-0.15, -0.1) is 0 Å². The number of carbonyl (C=O) groups excluding carboxylic acids is 2. The van der Waals surface area contributed by atoms with Gasteiger partial charge in [0.25, 0.3) is 5.91 Å². The third-order valence-corrected chi connectivity index (χ3v) is 7.87. The molecule has 0 spiro atoms. The van der Waals surface area contributed by atoms with Crippen molar-refractivity contribution in [3.05, 3.63) is 17.5 Å². The summed E-state index contributed by atoms with van der Waals surface area (Å²) in [6.07, 6.45) is 9.12. The summed E-state index contributed by atoms with van der Waals surface area (Å²) in [6.45, 7) is 0.218. The van der Waals surface area contributed by atoms with Gasteiger partial charge in [0.1, 0.15) is 18.1 Å². The number of aromatic nitrogens is 1. The fourth-order valence-corrected chi connectivity index (χ4v) is 6.77. The van der Waals surface area contributed by atoms with Crippen LogP contribution in [0.25, 0.3) is 0 Å². The lowest BCUT2D eigenvalue weighted by Gasteiger charge is -2.58. The Bertz CT molecular complexity index is 1030. The Hall–Kier alpha value is -2.61. The van der Waals surface area contributed by atoms with Crippen LogP contribution in [0.1, 0.15) is 54.6 Å². The molecule has 0 radical (unpaired) electrons. The van der Waals surface area contributed by atoms with E-state index < -0.39 is 5.60 Å². The zero-order chi connectivity index (χ0) is 21.3. The summed E-state index contributed by atoms with van der Waals surface area (Å²) in [5.74, 6) is 1.63. The van der Waals surface area contributed by atoms with Gasteiger partial charge in [-0.25, -0.2) is 0 Å². The van der Waals surface area contributed by atoms with Crippen LogP contribution in [-0.2, 0) is 11.2 Å². The van der Waals surface area contributed by atoms with E-state index in [1.165, 1.54) is 0 Å². The third-order valence-electron chi connectivity index (χ3n) is 7.87. The molecule has 8 heteroatoms. The van der Waals surface area contributed by atoms with E-state index in [0.717, 1.165) is 49.2 Å². The van der Waals surface area contributed by atoms with Crippen LogP contribution in [0.3, 0.4) is 0 Å². The highest BCUT2D eigenvalue weighted by molar-refractivity contribution is 6.16. The maximum absolute atomic E-state index is 13.3. The average Bonchev–Trinajstić information content (AvgIpc) is 3.29. The zero-order valence-electron chi connectivity index (χ0n) is 17.7. The molecule has 3 unspecified atom stereocenters. The Morgan fingerprint density at radius 2 is 2.06 bits per heavy atom. The minimum atomic E-state index is -0.497. The summed E-state index contributed by atoms with van der Waals surface area (Å²) in [4.78, 5) is 39.7. The van der Waals surface area contributed by atoms with Gasteiger partial charge in [0.15, 0.2) is 5.78 Å². The van der Waals surface area contributed by atoms with Crippen molar-refractivity contribution in [3.8, 4) is 0 Å². The number of fused-ring (bicyclic) bond motifs is 1. The van der Waals surface area contributed by atoms with Gasteiger partial charge in [-0.05, 0) is 49.9 Å². The molecule has 2 aliphatic heterocycles. The second-order valence-electron chi connectivity index (χ2n) is 10.1. The number of amidine groups is 1. The lowest BCUT2D eigenvalue weighted by Crippen LogP contribution is -2.59. The maximum Gasteiger partial charge on any atom is 0.266 e. The van der Waals surface area contributed by atoms with Crippen LogP contribution in [-0.4, -0.2) is 64.0 Å². The van der Waals surface area contributed by atoms with Crippen LogP contribution in [0, 0.1) is 17.8 Å². The number of pyridine rings is 1. The van der Waals surface area contributed by atoms with Crippen LogP contribution < -0.4 is 5.32 Å². The molecule has 1 aromatic rings. The number of nitrogens with zero attached hydrogens (tertiary/aromatic N) is 4. The predicted molar refractivity (Wildman–Crippen MR) is 116 cm³/mol. The quantitative estimate of drug-likeness (QED) is 0.706. The van der Waals surface area contributed by atoms with E-state index in [9.17, 15) is 14.7 Å². The first-order valence-electron chi connectivity index (χ1n) is 11.3. The van der Waals surface area contributed by atoms with Crippen molar-refractivity contribution >= 4 is 35.1 Å². The Morgan fingerprint density at radius 3 is 2.74 bits per heavy atom. The van der Waals surface area contributed by atoms with E-state index in [1.807, 2.05) is 6.21 Å². The number of rotatable bonds is 5. The number of nitrogens with one attached hydrogen (secondary N) is 1. The van der Waals surface area contributed by atoms with Gasteiger partial charge in [-0.1, -0.05) is 0 Å². The molecule has 4 aliphatic carbocycles. The Labute approximate surface area is 180 Å². The number of carbonyl (C=O) groups is 2. The SMILES string of the molecule is CN1CC(=O)N=C1CC(=O)c1cnc2c(c1NC1[C@@H]3CC4C[C@H]1CC(O)(C4)C3)N=CC2. The first-order valence-corrected chi connectivity index (χ1v) is 11.3. The van der Waals surface area contributed by atoms with Gasteiger partial charge in [-0.2, -0.15) is 4.99 Å². The molecule has 162 valence electrons. The molecular weight excluding hydrogens is 394 g/mol. The minimum Gasteiger partial charge on any atom is -0.390 e. The molecule has 5 atom stereocenters. The summed E-state index contributed by atoms with van der Waals surface area (Å²) in [7, 11) is 1.78. The summed E-state index contributed by atoms with van der Waals surface area (Å²) < 4.78 is 0. The summed E-state index contributed by atoms with van der Waals surface area (Å²) in [6, 6.07) is 0.235. The number of Topliss-reactive ketones (excluding diaryl/α,β-unsaturated/α-hetero) is 1. The van der Waals surface area contributed by atoms with Crippen LogP contribution in [0.4, 0.5) is 11.4 Å². The van der Waals surface area contributed by atoms with Gasteiger partial charge in [-0.3, -0.25) is 19.6 Å². The van der Waals surface area contributed by atoms with Crippen LogP contribution in [0.5, 0.6) is 0 Å². The number of hydrogen-bond donors (Lipinski definition) is 2. The highest BCUT2D eigenvalue weighted by Gasteiger charge is 2.55. The minimum absolute atomic E-state index is 0.0699. The van der Waals surface area contributed by atoms with Crippen molar-refractivity contribution in [1.82, 2.24) is 9.88 Å². The smallest absolute Gasteiger partial charge is 0.266 e. The highest BCUT2D eigenvalue weighted by atomic mass is 16.3. The molecule has 2 N–H and O–H groups in total. The molecule has 7 rings (SSSR count). The fourth-order valence-electron chi connectivity index (χ4n) is 6.77. The third kappa shape index (κ3) is 3.11. The first kappa shape index (κ1) is 19.1. The van der Waals surface area contributed by atoms with Crippen LogP contribution >= 0.6 is 0 Å². The Kier molecular flexibility index (Phi) is 4.12. The van der Waals surface area contributed by atoms with E-state index >= 15 is 0 Å². The number of amides is 1. The lowest BCUT2D eigenvalue weighted by atomic mass is 9.52. The normalized spacial score (nSPS) is 35.0. The highest BCUT2D eigenvalue weighted by Crippen LogP contribution is 2.56. The summed E-state index contributed by atoms with van der Waals surface area (Å²) in [5, 5.41) is 14.7. The molecule has 1 amide bonds. The number of aliphatic hydroxyl groups is 1. The van der Waals surface area contributed by atoms with E-state index in [4.69, 9.17) is 0 Å². The molecule has 0 aromatic carbocycles. The lowest BCUT2D eigenvalue weighted by molar-refractivity contribution is -0.129. The molecule has 1 aromatic heterocycles. The predicted octanol–water partition coefficient (Wildman–Crippen LogP) is 2.13. The molecule has 4 bridgehead atoms. The number of ketones is 1. The number of likely N-dealkylation sites (N-methyl/N-ethyl adjacent to an activating group) is 1. The second-order valence-corrected chi connectivity index (χ2v) is 10.1. The standard InChI is InChI=1S/C23H27N5O3/c1-28-11-19(30)26-18(28)6-17(29)15-10-25-16-2-3-24-22(16)21(15)27-20-13-4-12-5-14(20)9-23(31,7-12)8-13/h3,10,12-14,20,31H,2,4-9,11H2,1H3,(H,25,27)/t12?,13-,14+,20?,23?. The van der Waals surface area contributed by atoms with Gasteiger partial charge >= 0.3 is 0 Å². The van der Waals surface area contributed by atoms with Crippen LogP contribution in [0.15, 0.2) is 16.2 Å². The van der Waals surface area contributed by atoms with E-state index in [0.29, 0.717) is 35.6 Å². The molecule has 3 heterocycles. The fraction of sp³-hybridized carbons (Fsp3) is 0.609. The largest absolute Gasteiger partial charge is 0.390 e. The maximum atomic E-state index is 13.3. The molecule has 31 heavy (non-hydrogen) atoms. The van der Waals surface area contributed by atoms with Gasteiger partial charge in [0.2, 0.25) is 0 Å².